The summed E-state index contributed by atoms with van der Waals surface area (Å²) in [6.07, 6.45) is 7.34. The third-order valence-corrected chi connectivity index (χ3v) is 4.45. The highest BCUT2D eigenvalue weighted by molar-refractivity contribution is 8.00. The fourth-order valence-electron chi connectivity index (χ4n) is 1.91. The summed E-state index contributed by atoms with van der Waals surface area (Å²) < 4.78 is 17.4. The molecule has 0 amide bonds. The van der Waals surface area contributed by atoms with Gasteiger partial charge in [-0.15, -0.1) is 11.8 Å². The molecule has 2 unspecified atom stereocenters. The minimum atomic E-state index is -0.690. The molecular weight excluding hydrogens is 263 g/mol. The largest absolute Gasteiger partial charge is 0.468 e. The van der Waals surface area contributed by atoms with Crippen molar-refractivity contribution in [1.82, 2.24) is 0 Å². The van der Waals surface area contributed by atoms with E-state index < -0.39 is 6.17 Å². The monoisotopic (exact) mass is 292 g/mol. The predicted octanol–water partition coefficient (Wildman–Crippen LogP) is 4.76. The van der Waals surface area contributed by atoms with E-state index in [0.29, 0.717) is 6.42 Å². The lowest BCUT2D eigenvalue weighted by molar-refractivity contribution is -0.140. The minimum Gasteiger partial charge on any atom is -0.468 e. The van der Waals surface area contributed by atoms with E-state index in [0.717, 1.165) is 37.9 Å². The molecule has 19 heavy (non-hydrogen) atoms. The predicted molar refractivity (Wildman–Crippen MR) is 81.4 cm³/mol. The van der Waals surface area contributed by atoms with Gasteiger partial charge in [-0.3, -0.25) is 4.79 Å². The number of halogens is 1. The number of carbonyl (C=O) groups excluding carboxylic acids is 1. The third kappa shape index (κ3) is 11.3. The Labute approximate surface area is 121 Å². The summed E-state index contributed by atoms with van der Waals surface area (Å²) in [5, 5.41) is -0.0170. The Hall–Kier alpha value is -0.250. The van der Waals surface area contributed by atoms with Crippen LogP contribution in [0.25, 0.3) is 0 Å². The zero-order chi connectivity index (χ0) is 14.5. The normalized spacial score (nSPS) is 14.1. The molecule has 0 saturated heterocycles. The quantitative estimate of drug-likeness (QED) is 0.383. The molecule has 2 nitrogen and oxygen atoms in total. The van der Waals surface area contributed by atoms with Gasteiger partial charge in [0, 0.05) is 0 Å². The Morgan fingerprint density at radius 1 is 1.16 bits per heavy atom. The first-order valence-electron chi connectivity index (χ1n) is 7.45. The highest BCUT2D eigenvalue weighted by Gasteiger charge is 2.18. The van der Waals surface area contributed by atoms with Crippen LogP contribution in [-0.4, -0.2) is 30.3 Å². The van der Waals surface area contributed by atoms with Gasteiger partial charge in [0.2, 0.25) is 0 Å². The number of ether oxygens (including phenoxy) is 1. The van der Waals surface area contributed by atoms with Crippen LogP contribution in [-0.2, 0) is 9.53 Å². The Balaban J connectivity index is 3.70. The van der Waals surface area contributed by atoms with Crippen LogP contribution in [0.2, 0.25) is 0 Å². The Bertz CT molecular complexity index is 222. The molecule has 0 N–H and O–H groups in total. The van der Waals surface area contributed by atoms with E-state index in [9.17, 15) is 9.18 Å². The van der Waals surface area contributed by atoms with Crippen molar-refractivity contribution < 1.29 is 13.9 Å². The van der Waals surface area contributed by atoms with E-state index in [-0.39, 0.29) is 11.2 Å². The van der Waals surface area contributed by atoms with E-state index in [1.165, 1.54) is 20.0 Å². The number of carbonyl (C=O) groups is 1. The zero-order valence-corrected chi connectivity index (χ0v) is 13.4. The molecule has 0 aliphatic carbocycles. The van der Waals surface area contributed by atoms with Crippen LogP contribution in [0.3, 0.4) is 0 Å². The van der Waals surface area contributed by atoms with E-state index in [1.807, 2.05) is 0 Å². The van der Waals surface area contributed by atoms with Gasteiger partial charge in [-0.1, -0.05) is 39.0 Å². The number of rotatable bonds is 12. The van der Waals surface area contributed by atoms with Gasteiger partial charge in [0.25, 0.3) is 0 Å². The number of alkyl halides is 1. The molecule has 114 valence electrons. The summed E-state index contributed by atoms with van der Waals surface area (Å²) >= 11 is 1.70. The smallest absolute Gasteiger partial charge is 0.318 e. The van der Waals surface area contributed by atoms with Crippen molar-refractivity contribution in [3.8, 4) is 0 Å². The van der Waals surface area contributed by atoms with Gasteiger partial charge in [0.05, 0.1) is 13.3 Å². The summed E-state index contributed by atoms with van der Waals surface area (Å²) in [5.74, 6) is 0.866. The number of unbranched alkanes of at least 4 members (excludes halogenated alkanes) is 4. The van der Waals surface area contributed by atoms with Crippen LogP contribution < -0.4 is 0 Å². The fourth-order valence-corrected chi connectivity index (χ4v) is 3.13. The van der Waals surface area contributed by atoms with Crippen LogP contribution in [0.4, 0.5) is 4.39 Å². The maximum Gasteiger partial charge on any atom is 0.318 e. The van der Waals surface area contributed by atoms with Crippen LogP contribution in [0.1, 0.15) is 65.2 Å². The van der Waals surface area contributed by atoms with Crippen molar-refractivity contribution in [3.63, 3.8) is 0 Å². The van der Waals surface area contributed by atoms with E-state index in [1.54, 1.807) is 18.7 Å². The van der Waals surface area contributed by atoms with Crippen molar-refractivity contribution >= 4 is 17.7 Å². The summed E-state index contributed by atoms with van der Waals surface area (Å²) in [4.78, 5) is 11.6. The summed E-state index contributed by atoms with van der Waals surface area (Å²) in [5.41, 5.74) is 0. The average molecular weight is 292 g/mol. The Kier molecular flexibility index (Phi) is 12.6. The van der Waals surface area contributed by atoms with Crippen LogP contribution in [0.15, 0.2) is 0 Å². The van der Waals surface area contributed by atoms with Crippen molar-refractivity contribution in [1.29, 1.82) is 0 Å². The summed E-state index contributed by atoms with van der Waals surface area (Å²) in [6.45, 7) is 3.77. The molecule has 0 spiro atoms. The number of methoxy groups -OCH3 is 1. The maximum absolute atomic E-state index is 12.6. The maximum atomic E-state index is 12.6. The van der Waals surface area contributed by atoms with Gasteiger partial charge in [0.1, 0.15) is 5.25 Å². The molecule has 0 aromatic rings. The summed E-state index contributed by atoms with van der Waals surface area (Å²) in [6, 6.07) is 0. The highest BCUT2D eigenvalue weighted by Crippen LogP contribution is 2.21. The topological polar surface area (TPSA) is 26.3 Å². The van der Waals surface area contributed by atoms with Gasteiger partial charge >= 0.3 is 5.97 Å². The van der Waals surface area contributed by atoms with E-state index in [4.69, 9.17) is 4.74 Å². The van der Waals surface area contributed by atoms with Crippen molar-refractivity contribution in [2.24, 2.45) is 0 Å². The van der Waals surface area contributed by atoms with Crippen LogP contribution in [0.5, 0.6) is 0 Å². The number of hydrogen-bond acceptors (Lipinski definition) is 3. The molecule has 0 rings (SSSR count). The van der Waals surface area contributed by atoms with Crippen LogP contribution >= 0.6 is 11.8 Å². The molecule has 0 aromatic carbocycles. The minimum absolute atomic E-state index is 0.0170. The fraction of sp³-hybridized carbons (Fsp3) is 0.933. The highest BCUT2D eigenvalue weighted by atomic mass is 32.2. The van der Waals surface area contributed by atoms with Gasteiger partial charge in [-0.05, 0) is 31.9 Å². The van der Waals surface area contributed by atoms with Crippen molar-refractivity contribution in [2.45, 2.75) is 76.6 Å². The number of esters is 1. The molecule has 4 heteroatoms. The van der Waals surface area contributed by atoms with E-state index >= 15 is 0 Å². The third-order valence-electron chi connectivity index (χ3n) is 3.10. The second kappa shape index (κ2) is 12.8. The standard InChI is InChI=1S/C15H29FO2S/c1-4-5-7-11-14(15(17)18-3)19-12-9-6-8-10-13(2)16/h13-14H,4-12H2,1-3H3. The first-order chi connectivity index (χ1) is 9.11. The molecule has 0 fully saturated rings. The van der Waals surface area contributed by atoms with Gasteiger partial charge in [0.15, 0.2) is 0 Å². The first kappa shape index (κ1) is 18.8. The molecule has 0 aliphatic heterocycles. The Morgan fingerprint density at radius 3 is 2.42 bits per heavy atom. The molecule has 2 atom stereocenters. The number of hydrogen-bond donors (Lipinski definition) is 0. The summed E-state index contributed by atoms with van der Waals surface area (Å²) in [7, 11) is 1.46. The molecule has 0 heterocycles. The second-order valence-electron chi connectivity index (χ2n) is 5.01. The average Bonchev–Trinajstić information content (AvgIpc) is 2.39. The lowest BCUT2D eigenvalue weighted by atomic mass is 10.1. The van der Waals surface area contributed by atoms with Crippen molar-refractivity contribution in [3.05, 3.63) is 0 Å². The van der Waals surface area contributed by atoms with Gasteiger partial charge < -0.3 is 4.74 Å². The number of thioether (sulfide) groups is 1. The zero-order valence-electron chi connectivity index (χ0n) is 12.6. The lowest BCUT2D eigenvalue weighted by Gasteiger charge is -2.14. The van der Waals surface area contributed by atoms with Gasteiger partial charge in [-0.25, -0.2) is 4.39 Å². The van der Waals surface area contributed by atoms with E-state index in [2.05, 4.69) is 6.92 Å². The van der Waals surface area contributed by atoms with Crippen LogP contribution in [0, 0.1) is 0 Å². The van der Waals surface area contributed by atoms with Crippen molar-refractivity contribution in [2.75, 3.05) is 12.9 Å². The molecule has 0 radical (unpaired) electrons. The molecular formula is C15H29FO2S. The SMILES string of the molecule is CCCCCC(SCCCCCC(C)F)C(=O)OC. The molecule has 0 bridgehead atoms. The second-order valence-corrected chi connectivity index (χ2v) is 6.32. The lowest BCUT2D eigenvalue weighted by Crippen LogP contribution is -2.19. The molecule has 0 aromatic heterocycles. The molecule has 0 saturated carbocycles. The first-order valence-corrected chi connectivity index (χ1v) is 8.50. The van der Waals surface area contributed by atoms with Gasteiger partial charge in [-0.2, -0.15) is 0 Å². The molecule has 0 aliphatic rings. The Morgan fingerprint density at radius 2 is 1.84 bits per heavy atom.